The van der Waals surface area contributed by atoms with Crippen molar-refractivity contribution in [1.82, 2.24) is 10.3 Å². The standard InChI is InChI=1S/C28H28N8O3S/c1-28(11-12-28)26-33-19(25(40-26)36-13-14-38-24-22(36)35-24)20(29)39-27(30)34-21-23(37)31-17-10-6-5-9-16(17)18(32-21)15-7-3-2-4-8-15/h2-10,21-22,24,29,35H,11-14H2,1H3,(H2,30,34)(H,31,37)/t21-,22?,24-/m1/s1. The summed E-state index contributed by atoms with van der Waals surface area (Å²) in [6, 6.07) is 16.7. The SMILES string of the molecule is CC1(c2nc(C(=N)O/C(N)=N/[C@H]3N=C(c4ccccc4)c4ccccc4NC3=O)c(N3CCO[C@H]4NC43)s2)CC1. The van der Waals surface area contributed by atoms with Crippen LogP contribution in [0.4, 0.5) is 10.7 Å². The van der Waals surface area contributed by atoms with E-state index in [9.17, 15) is 4.79 Å². The number of hydrogen-bond acceptors (Lipinski definition) is 10. The lowest BCUT2D eigenvalue weighted by atomic mass is 10.0. The lowest BCUT2D eigenvalue weighted by Gasteiger charge is -2.26. The molecule has 7 rings (SSSR count). The van der Waals surface area contributed by atoms with Gasteiger partial charge in [-0.15, -0.1) is 11.3 Å². The van der Waals surface area contributed by atoms with Crippen molar-refractivity contribution in [1.29, 1.82) is 5.41 Å². The Kier molecular flexibility index (Phi) is 5.91. The van der Waals surface area contributed by atoms with E-state index < -0.39 is 12.1 Å². The van der Waals surface area contributed by atoms with Gasteiger partial charge in [-0.2, -0.15) is 4.99 Å². The summed E-state index contributed by atoms with van der Waals surface area (Å²) in [5.41, 5.74) is 9.46. The fourth-order valence-corrected chi connectivity index (χ4v) is 6.25. The highest BCUT2D eigenvalue weighted by molar-refractivity contribution is 7.16. The van der Waals surface area contributed by atoms with Gasteiger partial charge in [-0.1, -0.05) is 55.5 Å². The van der Waals surface area contributed by atoms with Crippen molar-refractivity contribution in [2.75, 3.05) is 23.4 Å². The Morgan fingerprint density at radius 1 is 1.23 bits per heavy atom. The molecule has 0 spiro atoms. The van der Waals surface area contributed by atoms with Crippen LogP contribution in [0.3, 0.4) is 0 Å². The molecule has 1 unspecified atom stereocenters. The van der Waals surface area contributed by atoms with Crippen LogP contribution < -0.4 is 21.3 Å². The Balaban J connectivity index is 1.18. The molecule has 4 aliphatic rings. The Bertz CT molecular complexity index is 1560. The highest BCUT2D eigenvalue weighted by Gasteiger charge is 2.49. The van der Waals surface area contributed by atoms with E-state index in [0.717, 1.165) is 34.0 Å². The molecule has 1 aromatic heterocycles. The molecule has 3 atom stereocenters. The van der Waals surface area contributed by atoms with E-state index in [2.05, 4.69) is 32.4 Å². The summed E-state index contributed by atoms with van der Waals surface area (Å²) in [7, 11) is 0. The molecule has 2 aromatic carbocycles. The molecule has 204 valence electrons. The van der Waals surface area contributed by atoms with Gasteiger partial charge in [-0.25, -0.2) is 9.98 Å². The number of benzene rings is 2. The number of rotatable bonds is 5. The molecule has 1 saturated carbocycles. The van der Waals surface area contributed by atoms with Crippen LogP contribution in [0.1, 0.15) is 41.6 Å². The van der Waals surface area contributed by atoms with E-state index in [-0.39, 0.29) is 29.7 Å². The fraction of sp³-hybridized carbons (Fsp3) is 0.321. The van der Waals surface area contributed by atoms with E-state index >= 15 is 0 Å². The molecule has 1 aliphatic carbocycles. The molecule has 0 radical (unpaired) electrons. The minimum atomic E-state index is -1.21. The van der Waals surface area contributed by atoms with Crippen molar-refractivity contribution in [2.45, 2.75) is 43.7 Å². The summed E-state index contributed by atoms with van der Waals surface area (Å²) in [4.78, 5) is 29.1. The minimum absolute atomic E-state index is 0.0139. The van der Waals surface area contributed by atoms with Gasteiger partial charge in [0.25, 0.3) is 11.9 Å². The molecule has 0 bridgehead atoms. The van der Waals surface area contributed by atoms with Crippen LogP contribution in [0, 0.1) is 5.41 Å². The monoisotopic (exact) mass is 556 g/mol. The average molecular weight is 557 g/mol. The molecule has 40 heavy (non-hydrogen) atoms. The number of nitrogens with two attached hydrogens (primary N) is 1. The summed E-state index contributed by atoms with van der Waals surface area (Å²) in [6.07, 6.45) is 0.951. The van der Waals surface area contributed by atoms with Crippen LogP contribution in [0.15, 0.2) is 64.6 Å². The van der Waals surface area contributed by atoms with Gasteiger partial charge in [0.15, 0.2) is 5.69 Å². The van der Waals surface area contributed by atoms with Gasteiger partial charge in [0.1, 0.15) is 22.4 Å². The molecule has 3 fully saturated rings. The van der Waals surface area contributed by atoms with E-state index in [1.54, 1.807) is 11.3 Å². The number of hydrogen-bond donors (Lipinski definition) is 4. The van der Waals surface area contributed by atoms with Gasteiger partial charge in [-0.05, 0) is 18.9 Å². The molecule has 11 nitrogen and oxygen atoms in total. The predicted octanol–water partition coefficient (Wildman–Crippen LogP) is 2.76. The maximum atomic E-state index is 13.1. The lowest BCUT2D eigenvalue weighted by molar-refractivity contribution is -0.117. The molecule has 1 amide bonds. The summed E-state index contributed by atoms with van der Waals surface area (Å²) in [6.45, 7) is 3.44. The highest BCUT2D eigenvalue weighted by atomic mass is 32.1. The first-order chi connectivity index (χ1) is 19.4. The van der Waals surface area contributed by atoms with Crippen LogP contribution >= 0.6 is 11.3 Å². The molecule has 5 N–H and O–H groups in total. The molecule has 2 saturated heterocycles. The number of amides is 1. The number of thiazole rings is 1. The van der Waals surface area contributed by atoms with Gasteiger partial charge in [0.2, 0.25) is 12.1 Å². The van der Waals surface area contributed by atoms with Crippen molar-refractivity contribution in [2.24, 2.45) is 15.7 Å². The van der Waals surface area contributed by atoms with Crippen molar-refractivity contribution < 1.29 is 14.3 Å². The number of carbonyl (C=O) groups is 1. The number of para-hydroxylation sites is 1. The second-order valence-corrected chi connectivity index (χ2v) is 11.5. The summed E-state index contributed by atoms with van der Waals surface area (Å²) in [5.74, 6) is -0.676. The third-order valence-corrected chi connectivity index (χ3v) is 8.91. The molecule has 3 aromatic rings. The minimum Gasteiger partial charge on any atom is -0.405 e. The zero-order chi connectivity index (χ0) is 27.4. The molecular weight excluding hydrogens is 528 g/mol. The third kappa shape index (κ3) is 4.53. The average Bonchev–Trinajstić information content (AvgIpc) is 3.87. The molecular formula is C28H28N8O3S. The number of benzodiazepines with no additional fused rings is 1. The zero-order valence-electron chi connectivity index (χ0n) is 21.8. The number of nitrogens with one attached hydrogen (secondary N) is 3. The fourth-order valence-electron chi connectivity index (χ4n) is 4.92. The van der Waals surface area contributed by atoms with Crippen molar-refractivity contribution in [3.8, 4) is 0 Å². The number of carbonyl (C=O) groups excluding carboxylic acids is 1. The van der Waals surface area contributed by atoms with Gasteiger partial charge >= 0.3 is 0 Å². The maximum absolute atomic E-state index is 13.1. The van der Waals surface area contributed by atoms with E-state index in [1.807, 2.05) is 54.6 Å². The Hall–Kier alpha value is -4.13. The summed E-state index contributed by atoms with van der Waals surface area (Å²) in [5, 5.41) is 16.8. The van der Waals surface area contributed by atoms with Crippen LogP contribution in [0.25, 0.3) is 0 Å². The molecule has 3 aliphatic heterocycles. The van der Waals surface area contributed by atoms with Crippen molar-refractivity contribution in [3.63, 3.8) is 0 Å². The van der Waals surface area contributed by atoms with E-state index in [1.165, 1.54) is 0 Å². The van der Waals surface area contributed by atoms with Crippen molar-refractivity contribution in [3.05, 3.63) is 76.4 Å². The number of ether oxygens (including phenoxy) is 2. The van der Waals surface area contributed by atoms with Gasteiger partial charge in [-0.3, -0.25) is 15.5 Å². The molecule has 4 heterocycles. The maximum Gasteiger partial charge on any atom is 0.291 e. The van der Waals surface area contributed by atoms with Gasteiger partial charge < -0.3 is 25.4 Å². The lowest BCUT2D eigenvalue weighted by Crippen LogP contribution is -2.37. The van der Waals surface area contributed by atoms with E-state index in [0.29, 0.717) is 30.2 Å². The number of amidine groups is 1. The summed E-state index contributed by atoms with van der Waals surface area (Å²) >= 11 is 1.58. The first-order valence-corrected chi connectivity index (χ1v) is 14.0. The third-order valence-electron chi connectivity index (χ3n) is 7.51. The number of aliphatic imine (C=N–C) groups is 2. The van der Waals surface area contributed by atoms with Gasteiger partial charge in [0, 0.05) is 23.1 Å². The number of nitrogens with zero attached hydrogens (tertiary/aromatic N) is 4. The number of aromatic nitrogens is 1. The normalized spacial score (nSPS) is 24.7. The zero-order valence-corrected chi connectivity index (χ0v) is 22.6. The Morgan fingerprint density at radius 2 is 2.00 bits per heavy atom. The smallest absolute Gasteiger partial charge is 0.291 e. The van der Waals surface area contributed by atoms with Crippen LogP contribution in [-0.2, 0) is 19.7 Å². The van der Waals surface area contributed by atoms with Crippen molar-refractivity contribution >= 4 is 45.6 Å². The largest absolute Gasteiger partial charge is 0.405 e. The summed E-state index contributed by atoms with van der Waals surface area (Å²) < 4.78 is 11.4. The first-order valence-electron chi connectivity index (χ1n) is 13.2. The predicted molar refractivity (Wildman–Crippen MR) is 153 cm³/mol. The highest BCUT2D eigenvalue weighted by Crippen LogP contribution is 2.51. The Labute approximate surface area is 234 Å². The van der Waals surface area contributed by atoms with Gasteiger partial charge in [0.05, 0.1) is 18.0 Å². The number of anilines is 2. The topological polar surface area (TPSA) is 160 Å². The van der Waals surface area contributed by atoms with Crippen LogP contribution in [0.2, 0.25) is 0 Å². The van der Waals surface area contributed by atoms with E-state index in [4.69, 9.17) is 25.6 Å². The first kappa shape index (κ1) is 24.9. The second-order valence-electron chi connectivity index (χ2n) is 10.5. The molecule has 12 heteroatoms. The van der Waals surface area contributed by atoms with Crippen LogP contribution in [-0.4, -0.2) is 60.2 Å². The quantitative estimate of drug-likeness (QED) is 0.213. The Morgan fingerprint density at radius 3 is 2.80 bits per heavy atom. The number of morpholine rings is 1. The second kappa shape index (κ2) is 9.51. The van der Waals surface area contributed by atoms with Crippen LogP contribution in [0.5, 0.6) is 0 Å². The number of fused-ring (bicyclic) bond motifs is 2.